The summed E-state index contributed by atoms with van der Waals surface area (Å²) in [7, 11) is -2.38. The number of hydrogen-bond acceptors (Lipinski definition) is 13. The van der Waals surface area contributed by atoms with Crippen molar-refractivity contribution >= 4 is 60.4 Å². The van der Waals surface area contributed by atoms with Gasteiger partial charge in [-0.25, -0.2) is 9.59 Å². The second-order valence-electron chi connectivity index (χ2n) is 14.2. The third kappa shape index (κ3) is 9.59. The third-order valence-corrected chi connectivity index (χ3v) is 15.3. The molecule has 2 aliphatic heterocycles. The molecule has 1 unspecified atom stereocenters. The van der Waals surface area contributed by atoms with Crippen molar-refractivity contribution in [3.63, 3.8) is 0 Å². The van der Waals surface area contributed by atoms with Crippen molar-refractivity contribution in [2.24, 2.45) is 5.92 Å². The van der Waals surface area contributed by atoms with Crippen LogP contribution in [0.1, 0.15) is 51.7 Å². The fraction of sp³-hybridized carbons (Fsp3) is 0.500. The topological polar surface area (TPSA) is 206 Å². The van der Waals surface area contributed by atoms with E-state index in [4.69, 9.17) is 13.9 Å². The molecule has 2 aromatic carbocycles. The lowest BCUT2D eigenvalue weighted by Crippen LogP contribution is -2.68. The lowest BCUT2D eigenvalue weighted by Gasteiger charge is -2.49. The molecule has 0 saturated carbocycles. The first-order valence-corrected chi connectivity index (χ1v) is 20.4. The molecule has 2 saturated heterocycles. The first-order valence-electron chi connectivity index (χ1n) is 16.6. The second kappa shape index (κ2) is 16.3. The van der Waals surface area contributed by atoms with Crippen molar-refractivity contribution < 1.29 is 47.7 Å². The number of imide groups is 1. The fourth-order valence-corrected chi connectivity index (χ4v) is 8.18. The maximum absolute atomic E-state index is 13.5. The number of nitro groups is 2. The minimum atomic E-state index is -2.38. The van der Waals surface area contributed by atoms with Crippen molar-refractivity contribution in [3.8, 4) is 0 Å². The van der Waals surface area contributed by atoms with Crippen LogP contribution in [0.3, 0.4) is 0 Å². The maximum atomic E-state index is 13.5. The largest absolute Gasteiger partial charge is 0.454 e. The molecule has 52 heavy (non-hydrogen) atoms. The van der Waals surface area contributed by atoms with E-state index in [2.05, 4.69) is 0 Å². The van der Waals surface area contributed by atoms with Crippen LogP contribution in [0, 0.1) is 26.1 Å². The molecule has 4 atom stereocenters. The molecule has 0 bridgehead atoms. The summed E-state index contributed by atoms with van der Waals surface area (Å²) >= 11 is 0.992. The van der Waals surface area contributed by atoms with E-state index in [1.54, 1.807) is 6.92 Å². The van der Waals surface area contributed by atoms with Crippen LogP contribution in [-0.4, -0.2) is 87.4 Å². The van der Waals surface area contributed by atoms with Crippen LogP contribution in [0.15, 0.2) is 48.5 Å². The molecule has 2 fully saturated rings. The monoisotopic (exact) mass is 758 g/mol. The summed E-state index contributed by atoms with van der Waals surface area (Å²) in [6, 6.07) is 9.86. The van der Waals surface area contributed by atoms with Gasteiger partial charge in [0.1, 0.15) is 13.2 Å². The number of rotatable bonds is 12. The number of nitrogens with zero attached hydrogens (tertiary/aromatic N) is 4. The van der Waals surface area contributed by atoms with Crippen LogP contribution in [-0.2, 0) is 46.3 Å². The van der Waals surface area contributed by atoms with Crippen molar-refractivity contribution in [3.05, 3.63) is 79.9 Å². The summed E-state index contributed by atoms with van der Waals surface area (Å²) in [5.74, 6) is -4.08. The van der Waals surface area contributed by atoms with Crippen LogP contribution >= 0.6 is 11.8 Å². The number of hydrogen-bond donors (Lipinski definition) is 0. The Morgan fingerprint density at radius 3 is 1.94 bits per heavy atom. The smallest absolute Gasteiger partial charge is 0.410 e. The molecule has 4 rings (SSSR count). The van der Waals surface area contributed by atoms with Gasteiger partial charge in [0.25, 0.3) is 11.4 Å². The van der Waals surface area contributed by atoms with Crippen molar-refractivity contribution in [1.29, 1.82) is 0 Å². The number of ether oxygens (including phenoxy) is 2. The quantitative estimate of drug-likeness (QED) is 0.0667. The van der Waals surface area contributed by atoms with Gasteiger partial charge in [-0.05, 0) is 66.9 Å². The van der Waals surface area contributed by atoms with Gasteiger partial charge in [-0.1, -0.05) is 32.5 Å². The number of amides is 3. The van der Waals surface area contributed by atoms with Gasteiger partial charge in [0.15, 0.2) is 13.4 Å². The molecule has 18 heteroatoms. The van der Waals surface area contributed by atoms with Gasteiger partial charge >= 0.3 is 18.0 Å². The third-order valence-electron chi connectivity index (χ3n) is 9.56. The molecule has 0 N–H and O–H groups in total. The van der Waals surface area contributed by atoms with E-state index < -0.39 is 60.1 Å². The van der Waals surface area contributed by atoms with Gasteiger partial charge in [0.2, 0.25) is 5.91 Å². The fourth-order valence-electron chi connectivity index (χ4n) is 5.63. The van der Waals surface area contributed by atoms with Gasteiger partial charge in [-0.15, -0.1) is 0 Å². The van der Waals surface area contributed by atoms with Crippen LogP contribution in [0.25, 0.3) is 0 Å². The zero-order valence-electron chi connectivity index (χ0n) is 29.8. The molecule has 0 aliphatic carbocycles. The highest BCUT2D eigenvalue weighted by Gasteiger charge is 2.56. The Bertz CT molecular complexity index is 1710. The van der Waals surface area contributed by atoms with Gasteiger partial charge in [0, 0.05) is 49.0 Å². The molecular formula is C34H42N4O12SSi. The highest BCUT2D eigenvalue weighted by Crippen LogP contribution is 2.42. The number of esters is 1. The van der Waals surface area contributed by atoms with Gasteiger partial charge in [-0.2, -0.15) is 0 Å². The number of carbonyl (C=O) groups excluding carboxylic acids is 5. The Morgan fingerprint density at radius 1 is 0.923 bits per heavy atom. The summed E-state index contributed by atoms with van der Waals surface area (Å²) in [5, 5.41) is 21.0. The highest BCUT2D eigenvalue weighted by molar-refractivity contribution is 8.14. The average Bonchev–Trinajstić information content (AvgIpc) is 3.53. The predicted molar refractivity (Wildman–Crippen MR) is 190 cm³/mol. The summed E-state index contributed by atoms with van der Waals surface area (Å²) in [6.07, 6.45) is -1.03. The van der Waals surface area contributed by atoms with E-state index in [-0.39, 0.29) is 53.0 Å². The number of nitro benzene ring substituents is 2. The first-order chi connectivity index (χ1) is 24.3. The van der Waals surface area contributed by atoms with E-state index in [1.807, 2.05) is 33.9 Å². The van der Waals surface area contributed by atoms with Gasteiger partial charge in [0.05, 0.1) is 27.9 Å². The lowest BCUT2D eigenvalue weighted by atomic mass is 9.81. The Balaban J connectivity index is 1.38. The number of thioether (sulfide) groups is 1. The summed E-state index contributed by atoms with van der Waals surface area (Å²) in [4.78, 5) is 88.6. The SMILES string of the molecule is C[C@@H](O[Si](C)(C)C(C)(C)C)[C@H]1C(=O)N(C(=O)C(=O)OCc2ccc([N+](=O)[O-])cc2)[C@@H]1CC(=O)SC1CCN(C(=O)OCc2ccc([N+](=O)[O-])cc2)C1. The van der Waals surface area contributed by atoms with E-state index in [9.17, 15) is 44.2 Å². The summed E-state index contributed by atoms with van der Waals surface area (Å²) < 4.78 is 17.0. The van der Waals surface area contributed by atoms with Gasteiger partial charge in [-0.3, -0.25) is 39.5 Å². The second-order valence-corrected chi connectivity index (χ2v) is 20.3. The van der Waals surface area contributed by atoms with Crippen molar-refractivity contribution in [1.82, 2.24) is 9.80 Å². The van der Waals surface area contributed by atoms with Crippen LogP contribution in [0.2, 0.25) is 18.1 Å². The molecule has 16 nitrogen and oxygen atoms in total. The normalized spacial score (nSPS) is 19.4. The van der Waals surface area contributed by atoms with Crippen LogP contribution in [0.4, 0.5) is 16.2 Å². The number of benzene rings is 2. The molecule has 3 amide bonds. The minimum absolute atomic E-state index is 0.0820. The zero-order chi connectivity index (χ0) is 38.5. The number of β-lactam (4-membered cyclic amide) rings is 1. The molecule has 280 valence electrons. The Labute approximate surface area is 305 Å². The van der Waals surface area contributed by atoms with E-state index in [0.717, 1.165) is 16.7 Å². The van der Waals surface area contributed by atoms with Gasteiger partial charge < -0.3 is 18.8 Å². The summed E-state index contributed by atoms with van der Waals surface area (Å²) in [6.45, 7) is 12.0. The number of likely N-dealkylation sites (tertiary alicyclic amines) is 2. The molecule has 0 spiro atoms. The van der Waals surface area contributed by atoms with E-state index >= 15 is 0 Å². The number of non-ortho nitro benzene ring substituents is 2. The molecule has 2 aliphatic rings. The van der Waals surface area contributed by atoms with E-state index in [0.29, 0.717) is 24.1 Å². The first kappa shape index (κ1) is 40.1. The molecule has 2 aromatic rings. The molecule has 0 radical (unpaired) electrons. The molecule has 2 heterocycles. The highest BCUT2D eigenvalue weighted by atomic mass is 32.2. The lowest BCUT2D eigenvalue weighted by molar-refractivity contribution is -0.385. The maximum Gasteiger partial charge on any atom is 0.410 e. The Kier molecular flexibility index (Phi) is 12.6. The van der Waals surface area contributed by atoms with Crippen LogP contribution in [0.5, 0.6) is 0 Å². The minimum Gasteiger partial charge on any atom is -0.454 e. The number of carbonyl (C=O) groups is 5. The zero-order valence-corrected chi connectivity index (χ0v) is 31.6. The standard InChI is InChI=1S/C34H42N4O12SSi/c1-21(50-52(5,6)34(2,3)4)29-27(36(30(29)40)31(41)32(42)48-19-22-7-11-24(12-8-22)37(44)45)17-28(39)51-26-15-16-35(18-26)33(43)49-20-23-9-13-25(14-10-23)38(46)47/h7-14,21,26-27,29H,15-20H2,1-6H3/t21-,26?,27-,29-/m1/s1. The summed E-state index contributed by atoms with van der Waals surface area (Å²) in [5.41, 5.74) is 0.721. The van der Waals surface area contributed by atoms with Crippen molar-refractivity contribution in [2.45, 2.75) is 89.3 Å². The van der Waals surface area contributed by atoms with Crippen LogP contribution < -0.4 is 0 Å². The molecular weight excluding hydrogens is 717 g/mol. The van der Waals surface area contributed by atoms with Crippen molar-refractivity contribution in [2.75, 3.05) is 13.1 Å². The Morgan fingerprint density at radius 2 is 1.44 bits per heavy atom. The average molecular weight is 759 g/mol. The molecule has 0 aromatic heterocycles. The predicted octanol–water partition coefficient (Wildman–Crippen LogP) is 5.37. The van der Waals surface area contributed by atoms with E-state index in [1.165, 1.54) is 53.4 Å². The Hall–Kier alpha value is -4.68.